The Morgan fingerprint density at radius 1 is 0.565 bits per heavy atom. The molecule has 0 amide bonds. The molecule has 0 radical (unpaired) electrons. The maximum Gasteiger partial charge on any atom is 0.200 e. The van der Waals surface area contributed by atoms with Crippen LogP contribution in [0.2, 0.25) is 0 Å². The fourth-order valence-electron chi connectivity index (χ4n) is 6.46. The molecule has 0 spiro atoms. The van der Waals surface area contributed by atoms with E-state index < -0.39 is 40.7 Å². The van der Waals surface area contributed by atoms with Crippen LogP contribution in [0.25, 0.3) is 44.7 Å². The standard InChI is InChI=1S/C38H22F5N2P/c39-30-29(31(40)33(42)34(43)32(30)41)37-25-18-10-15-21-19-20-26(46-24-16-8-3-9-17-24)28(27(21)25)38-44-35(22-11-4-1-5-12-22)36(45(37)38)23-13-6-2-7-14-23/h1-20,37,46H/t37-/m1/s1. The van der Waals surface area contributed by atoms with Crippen LogP contribution in [-0.2, 0) is 0 Å². The lowest BCUT2D eigenvalue weighted by molar-refractivity contribution is 0.364. The molecule has 1 aliphatic heterocycles. The molecule has 224 valence electrons. The Morgan fingerprint density at radius 2 is 1.15 bits per heavy atom. The van der Waals surface area contributed by atoms with Crippen LogP contribution in [0.15, 0.2) is 121 Å². The van der Waals surface area contributed by atoms with E-state index in [9.17, 15) is 13.2 Å². The fraction of sp³-hybridized carbons (Fsp3) is 0.0263. The Morgan fingerprint density at radius 3 is 1.80 bits per heavy atom. The minimum Gasteiger partial charge on any atom is -0.311 e. The van der Waals surface area contributed by atoms with Gasteiger partial charge in [-0.3, -0.25) is 0 Å². The molecule has 8 rings (SSSR count). The highest BCUT2D eigenvalue weighted by Gasteiger charge is 2.40. The highest BCUT2D eigenvalue weighted by Crippen LogP contribution is 2.50. The van der Waals surface area contributed by atoms with Gasteiger partial charge in [-0.05, 0) is 26.9 Å². The summed E-state index contributed by atoms with van der Waals surface area (Å²) < 4.78 is 77.8. The summed E-state index contributed by atoms with van der Waals surface area (Å²) in [6.45, 7) is 0. The zero-order valence-corrected chi connectivity index (χ0v) is 24.9. The highest BCUT2D eigenvalue weighted by atomic mass is 31.1. The van der Waals surface area contributed by atoms with E-state index in [1.807, 2.05) is 109 Å². The lowest BCUT2D eigenvalue weighted by Crippen LogP contribution is -2.25. The molecule has 0 fully saturated rings. The zero-order valence-electron chi connectivity index (χ0n) is 23.9. The number of imidazole rings is 1. The van der Waals surface area contributed by atoms with Gasteiger partial charge in [0.15, 0.2) is 23.3 Å². The van der Waals surface area contributed by atoms with Crippen molar-refractivity contribution in [1.29, 1.82) is 0 Å². The van der Waals surface area contributed by atoms with Gasteiger partial charge in [0.25, 0.3) is 0 Å². The van der Waals surface area contributed by atoms with Crippen molar-refractivity contribution in [3.8, 4) is 33.9 Å². The molecule has 6 aromatic carbocycles. The predicted octanol–water partition coefficient (Wildman–Crippen LogP) is 9.31. The summed E-state index contributed by atoms with van der Waals surface area (Å²) >= 11 is 0. The Balaban J connectivity index is 1.56. The molecular weight excluding hydrogens is 610 g/mol. The number of hydrogen-bond acceptors (Lipinski definition) is 1. The molecule has 8 heteroatoms. The van der Waals surface area contributed by atoms with E-state index >= 15 is 8.78 Å². The van der Waals surface area contributed by atoms with E-state index in [2.05, 4.69) is 0 Å². The van der Waals surface area contributed by atoms with Gasteiger partial charge in [0.05, 0.1) is 23.0 Å². The maximum absolute atomic E-state index is 15.9. The monoisotopic (exact) mass is 632 g/mol. The van der Waals surface area contributed by atoms with E-state index in [0.717, 1.165) is 27.1 Å². The van der Waals surface area contributed by atoms with Crippen LogP contribution in [0.4, 0.5) is 22.0 Å². The van der Waals surface area contributed by atoms with E-state index in [0.29, 0.717) is 33.7 Å². The van der Waals surface area contributed by atoms with E-state index in [1.54, 1.807) is 16.7 Å². The Hall–Kier alpha value is -5.13. The molecule has 2 nitrogen and oxygen atoms in total. The minimum atomic E-state index is -2.20. The largest absolute Gasteiger partial charge is 0.311 e. The van der Waals surface area contributed by atoms with E-state index in [1.165, 1.54) is 0 Å². The van der Waals surface area contributed by atoms with Crippen molar-refractivity contribution in [3.63, 3.8) is 0 Å². The minimum absolute atomic E-state index is 0.204. The Kier molecular flexibility index (Phi) is 6.80. The summed E-state index contributed by atoms with van der Waals surface area (Å²) in [4.78, 5) is 5.18. The van der Waals surface area contributed by atoms with Crippen molar-refractivity contribution in [2.75, 3.05) is 0 Å². The summed E-state index contributed by atoms with van der Waals surface area (Å²) in [6, 6.07) is 36.3. The molecule has 46 heavy (non-hydrogen) atoms. The van der Waals surface area contributed by atoms with Gasteiger partial charge in [0, 0.05) is 16.7 Å². The maximum atomic E-state index is 15.9. The van der Waals surface area contributed by atoms with Crippen molar-refractivity contribution in [2.24, 2.45) is 0 Å². The molecule has 0 bridgehead atoms. The summed E-state index contributed by atoms with van der Waals surface area (Å²) in [5.74, 6) is -9.53. The predicted molar refractivity (Wildman–Crippen MR) is 174 cm³/mol. The molecule has 2 atom stereocenters. The lowest BCUT2D eigenvalue weighted by atomic mass is 9.86. The number of fused-ring (bicyclic) bond motifs is 2. The second kappa shape index (κ2) is 11.0. The lowest BCUT2D eigenvalue weighted by Gasteiger charge is -2.32. The van der Waals surface area contributed by atoms with Crippen LogP contribution in [0.5, 0.6) is 0 Å². The summed E-state index contributed by atoms with van der Waals surface area (Å²) in [5, 5.41) is 3.43. The first-order valence-electron chi connectivity index (χ1n) is 14.6. The average Bonchev–Trinajstić information content (AvgIpc) is 3.50. The van der Waals surface area contributed by atoms with Gasteiger partial charge in [-0.15, -0.1) is 0 Å². The Labute approximate surface area is 262 Å². The number of hydrogen-bond donors (Lipinski definition) is 0. The van der Waals surface area contributed by atoms with Gasteiger partial charge in [0.1, 0.15) is 5.82 Å². The normalized spacial score (nSPS) is 13.9. The smallest absolute Gasteiger partial charge is 0.200 e. The molecule has 7 aromatic rings. The summed E-state index contributed by atoms with van der Waals surface area (Å²) in [5.41, 5.74) is 2.67. The van der Waals surface area contributed by atoms with Crippen molar-refractivity contribution in [1.82, 2.24) is 9.55 Å². The second-order valence-corrected chi connectivity index (χ2v) is 12.4. The molecular formula is C38H22F5N2P. The third-order valence-corrected chi connectivity index (χ3v) is 9.74. The first-order chi connectivity index (χ1) is 22.4. The number of aromatic nitrogens is 2. The quantitative estimate of drug-likeness (QED) is 0.0801. The number of rotatable bonds is 5. The van der Waals surface area contributed by atoms with Crippen LogP contribution in [0, 0.1) is 29.1 Å². The molecule has 1 unspecified atom stereocenters. The SMILES string of the molecule is Fc1c(F)c(F)c([C@H]2c3cccc4ccc(Pc5ccccc5)c(c34)-c3nc(-c4ccccc4)c(-c4ccccc4)n32)c(F)c1F. The van der Waals surface area contributed by atoms with Crippen LogP contribution in [0.3, 0.4) is 0 Å². The van der Waals surface area contributed by atoms with Crippen LogP contribution in [0.1, 0.15) is 17.2 Å². The average molecular weight is 633 g/mol. The fourth-order valence-corrected chi connectivity index (χ4v) is 7.66. The third kappa shape index (κ3) is 4.30. The van der Waals surface area contributed by atoms with Gasteiger partial charge in [-0.2, -0.15) is 0 Å². The molecule has 0 saturated carbocycles. The van der Waals surface area contributed by atoms with Crippen LogP contribution in [-0.4, -0.2) is 9.55 Å². The molecule has 1 aliphatic rings. The topological polar surface area (TPSA) is 17.8 Å². The molecule has 1 aromatic heterocycles. The molecule has 0 aliphatic carbocycles. The first kappa shape index (κ1) is 28.4. The molecule has 2 heterocycles. The zero-order chi connectivity index (χ0) is 31.5. The summed E-state index contributed by atoms with van der Waals surface area (Å²) in [7, 11) is 0.204. The third-order valence-electron chi connectivity index (χ3n) is 8.43. The van der Waals surface area contributed by atoms with E-state index in [4.69, 9.17) is 4.98 Å². The van der Waals surface area contributed by atoms with Crippen LogP contribution >= 0.6 is 8.58 Å². The van der Waals surface area contributed by atoms with Gasteiger partial charge >= 0.3 is 0 Å². The van der Waals surface area contributed by atoms with Crippen molar-refractivity contribution >= 4 is 30.0 Å². The first-order valence-corrected chi connectivity index (χ1v) is 15.6. The van der Waals surface area contributed by atoms with Gasteiger partial charge in [0.2, 0.25) is 5.82 Å². The number of halogens is 5. The molecule has 0 N–H and O–H groups in total. The number of benzene rings is 6. The van der Waals surface area contributed by atoms with Gasteiger partial charge in [-0.1, -0.05) is 130 Å². The van der Waals surface area contributed by atoms with Crippen LogP contribution < -0.4 is 10.6 Å². The number of nitrogens with zero attached hydrogens (tertiary/aromatic N) is 2. The summed E-state index contributed by atoms with van der Waals surface area (Å²) in [6.07, 6.45) is 0. The van der Waals surface area contributed by atoms with Crippen molar-refractivity contribution in [3.05, 3.63) is 162 Å². The molecule has 0 saturated heterocycles. The van der Waals surface area contributed by atoms with E-state index in [-0.39, 0.29) is 8.58 Å². The van der Waals surface area contributed by atoms with Gasteiger partial charge < -0.3 is 4.57 Å². The Bertz CT molecular complexity index is 2260. The van der Waals surface area contributed by atoms with Crippen molar-refractivity contribution in [2.45, 2.75) is 6.04 Å². The second-order valence-electron chi connectivity index (χ2n) is 11.0. The van der Waals surface area contributed by atoms with Crippen molar-refractivity contribution < 1.29 is 22.0 Å². The highest BCUT2D eigenvalue weighted by molar-refractivity contribution is 7.55. The van der Waals surface area contributed by atoms with Gasteiger partial charge in [-0.25, -0.2) is 26.9 Å².